The molecular formula is C24H25F4N5O. The summed E-state index contributed by atoms with van der Waals surface area (Å²) in [4.78, 5) is 14.2. The first-order valence-corrected chi connectivity index (χ1v) is 10.8. The van der Waals surface area contributed by atoms with E-state index in [4.69, 9.17) is 0 Å². The molecule has 3 aromatic rings. The van der Waals surface area contributed by atoms with E-state index in [9.17, 15) is 22.4 Å². The fourth-order valence-electron chi connectivity index (χ4n) is 4.31. The van der Waals surface area contributed by atoms with Crippen molar-refractivity contribution in [2.75, 3.05) is 25.0 Å². The Morgan fingerprint density at radius 1 is 1.09 bits per heavy atom. The molecule has 4 rings (SSSR count). The number of para-hydroxylation sites is 1. The van der Waals surface area contributed by atoms with Crippen molar-refractivity contribution in [1.29, 1.82) is 0 Å². The number of aryl methyl sites for hydroxylation is 1. The lowest BCUT2D eigenvalue weighted by Crippen LogP contribution is -2.43. The van der Waals surface area contributed by atoms with Gasteiger partial charge >= 0.3 is 12.2 Å². The molecule has 1 aliphatic rings. The molecule has 1 unspecified atom stereocenters. The lowest BCUT2D eigenvalue weighted by molar-refractivity contribution is -0.143. The normalized spacial score (nSPS) is 18.8. The van der Waals surface area contributed by atoms with Crippen LogP contribution in [0.1, 0.15) is 22.7 Å². The van der Waals surface area contributed by atoms with E-state index >= 15 is 0 Å². The number of nitrogens with zero attached hydrogens (tertiary/aromatic N) is 3. The molecule has 2 N–H and O–H groups in total. The van der Waals surface area contributed by atoms with Gasteiger partial charge in [-0.1, -0.05) is 30.3 Å². The highest BCUT2D eigenvalue weighted by molar-refractivity contribution is 5.90. The number of hydrogen-bond acceptors (Lipinski definition) is 3. The van der Waals surface area contributed by atoms with Crippen LogP contribution in [0.15, 0.2) is 54.6 Å². The van der Waals surface area contributed by atoms with Crippen LogP contribution in [0.3, 0.4) is 0 Å². The van der Waals surface area contributed by atoms with Crippen molar-refractivity contribution < 1.29 is 22.4 Å². The monoisotopic (exact) mass is 475 g/mol. The quantitative estimate of drug-likeness (QED) is 0.522. The van der Waals surface area contributed by atoms with Crippen LogP contribution in [0.25, 0.3) is 5.69 Å². The van der Waals surface area contributed by atoms with Crippen LogP contribution in [0.2, 0.25) is 0 Å². The molecule has 0 spiro atoms. The summed E-state index contributed by atoms with van der Waals surface area (Å²) in [5.74, 6) is -0.507. The molecule has 180 valence electrons. The summed E-state index contributed by atoms with van der Waals surface area (Å²) >= 11 is 0. The predicted octanol–water partition coefficient (Wildman–Crippen LogP) is 4.78. The van der Waals surface area contributed by atoms with E-state index in [1.165, 1.54) is 23.1 Å². The van der Waals surface area contributed by atoms with E-state index in [1.807, 2.05) is 44.2 Å². The standard InChI is InChI=1S/C24H25F4N5O/c1-15-16(2)31-33(19-9-4-3-5-10-19)22(15)30-23(34)29-21-13-32(14-24(26,27)28)12-20(21)17-7-6-8-18(25)11-17/h3-11,20-21H,12-14H2,1-2H3,(H2,29,30,34)/t20-,21?/m0/s1. The molecule has 0 aliphatic carbocycles. The van der Waals surface area contributed by atoms with Crippen LogP contribution < -0.4 is 10.6 Å². The van der Waals surface area contributed by atoms with Crippen LogP contribution in [-0.4, -0.2) is 52.6 Å². The van der Waals surface area contributed by atoms with Crippen LogP contribution in [-0.2, 0) is 0 Å². The van der Waals surface area contributed by atoms with Gasteiger partial charge in [0.05, 0.1) is 24.0 Å². The van der Waals surface area contributed by atoms with E-state index < -0.39 is 36.5 Å². The van der Waals surface area contributed by atoms with Gasteiger partial charge < -0.3 is 5.32 Å². The molecule has 6 nitrogen and oxygen atoms in total. The van der Waals surface area contributed by atoms with Gasteiger partial charge in [0.25, 0.3) is 0 Å². The third-order valence-corrected chi connectivity index (χ3v) is 5.98. The average Bonchev–Trinajstić information content (AvgIpc) is 3.28. The summed E-state index contributed by atoms with van der Waals surface area (Å²) in [5, 5.41) is 10.1. The van der Waals surface area contributed by atoms with Gasteiger partial charge in [-0.25, -0.2) is 13.9 Å². The Morgan fingerprint density at radius 2 is 1.82 bits per heavy atom. The third-order valence-electron chi connectivity index (χ3n) is 5.98. The summed E-state index contributed by atoms with van der Waals surface area (Å²) in [6.45, 7) is 2.59. The zero-order valence-electron chi connectivity index (χ0n) is 18.7. The number of urea groups is 1. The molecule has 2 aromatic carbocycles. The Labute approximate surface area is 194 Å². The average molecular weight is 475 g/mol. The highest BCUT2D eigenvalue weighted by Gasteiger charge is 2.40. The Balaban J connectivity index is 1.55. The van der Waals surface area contributed by atoms with Crippen molar-refractivity contribution in [1.82, 2.24) is 20.0 Å². The number of anilines is 1. The zero-order valence-corrected chi connectivity index (χ0v) is 18.7. The van der Waals surface area contributed by atoms with Gasteiger partial charge in [0, 0.05) is 24.6 Å². The van der Waals surface area contributed by atoms with Crippen LogP contribution in [0.4, 0.5) is 28.2 Å². The summed E-state index contributed by atoms with van der Waals surface area (Å²) in [7, 11) is 0. The molecule has 2 amide bonds. The van der Waals surface area contributed by atoms with Gasteiger partial charge in [0.2, 0.25) is 0 Å². The fraction of sp³-hybridized carbons (Fsp3) is 0.333. The van der Waals surface area contributed by atoms with Gasteiger partial charge in [-0.2, -0.15) is 18.3 Å². The van der Waals surface area contributed by atoms with E-state index in [0.29, 0.717) is 11.4 Å². The van der Waals surface area contributed by atoms with E-state index in [1.54, 1.807) is 10.7 Å². The van der Waals surface area contributed by atoms with Crippen molar-refractivity contribution in [2.24, 2.45) is 0 Å². The number of alkyl halides is 3. The maximum absolute atomic E-state index is 13.8. The molecule has 2 heterocycles. The summed E-state index contributed by atoms with van der Waals surface area (Å²) in [5.41, 5.74) is 2.79. The Kier molecular flexibility index (Phi) is 6.60. The van der Waals surface area contributed by atoms with Gasteiger partial charge in [0.15, 0.2) is 0 Å². The number of carbonyl (C=O) groups excluding carboxylic acids is 1. The van der Waals surface area contributed by atoms with E-state index in [2.05, 4.69) is 15.7 Å². The van der Waals surface area contributed by atoms with Crippen molar-refractivity contribution in [2.45, 2.75) is 32.0 Å². The first-order chi connectivity index (χ1) is 16.1. The second-order valence-corrected chi connectivity index (χ2v) is 8.48. The minimum absolute atomic E-state index is 0.00985. The van der Waals surface area contributed by atoms with Gasteiger partial charge in [-0.05, 0) is 43.7 Å². The van der Waals surface area contributed by atoms with Crippen molar-refractivity contribution in [3.05, 3.63) is 77.2 Å². The van der Waals surface area contributed by atoms with Gasteiger partial charge in [0.1, 0.15) is 11.6 Å². The Bertz CT molecular complexity index is 1160. The second-order valence-electron chi connectivity index (χ2n) is 8.48. The minimum atomic E-state index is -4.37. The van der Waals surface area contributed by atoms with Gasteiger partial charge in [-0.3, -0.25) is 10.2 Å². The molecule has 0 bridgehead atoms. The van der Waals surface area contributed by atoms with E-state index in [-0.39, 0.29) is 13.1 Å². The van der Waals surface area contributed by atoms with E-state index in [0.717, 1.165) is 16.9 Å². The number of aromatic nitrogens is 2. The summed E-state index contributed by atoms with van der Waals surface area (Å²) in [6.07, 6.45) is -4.37. The van der Waals surface area contributed by atoms with Crippen LogP contribution >= 0.6 is 0 Å². The highest BCUT2D eigenvalue weighted by atomic mass is 19.4. The number of amides is 2. The number of halogens is 4. The zero-order chi connectivity index (χ0) is 24.5. The lowest BCUT2D eigenvalue weighted by Gasteiger charge is -2.21. The first kappa shape index (κ1) is 23.7. The largest absolute Gasteiger partial charge is 0.401 e. The van der Waals surface area contributed by atoms with Crippen molar-refractivity contribution in [3.8, 4) is 5.69 Å². The predicted molar refractivity (Wildman–Crippen MR) is 121 cm³/mol. The summed E-state index contributed by atoms with van der Waals surface area (Å²) in [6, 6.07) is 13.8. The fourth-order valence-corrected chi connectivity index (χ4v) is 4.31. The molecule has 1 aliphatic heterocycles. The maximum atomic E-state index is 13.8. The van der Waals surface area contributed by atoms with Crippen LogP contribution in [0, 0.1) is 19.7 Å². The second kappa shape index (κ2) is 9.46. The molecule has 34 heavy (non-hydrogen) atoms. The molecule has 1 aromatic heterocycles. The lowest BCUT2D eigenvalue weighted by atomic mass is 9.94. The number of rotatable bonds is 5. The first-order valence-electron chi connectivity index (χ1n) is 10.8. The molecule has 0 saturated carbocycles. The van der Waals surface area contributed by atoms with Crippen LogP contribution in [0.5, 0.6) is 0 Å². The number of benzene rings is 2. The Hall–Kier alpha value is -3.40. The molecule has 0 radical (unpaired) electrons. The third kappa shape index (κ3) is 5.39. The molecule has 1 fully saturated rings. The molecule has 1 saturated heterocycles. The topological polar surface area (TPSA) is 62.2 Å². The molecule has 10 heteroatoms. The SMILES string of the molecule is Cc1nn(-c2ccccc2)c(NC(=O)NC2CN(CC(F)(F)F)C[C@H]2c2cccc(F)c2)c1C. The molecular weight excluding hydrogens is 450 g/mol. The smallest absolute Gasteiger partial charge is 0.333 e. The summed E-state index contributed by atoms with van der Waals surface area (Å²) < 4.78 is 54.5. The number of nitrogens with one attached hydrogen (secondary N) is 2. The molecule has 2 atom stereocenters. The van der Waals surface area contributed by atoms with Gasteiger partial charge in [-0.15, -0.1) is 0 Å². The number of hydrogen-bond donors (Lipinski definition) is 2. The number of carbonyl (C=O) groups is 1. The van der Waals surface area contributed by atoms with Crippen molar-refractivity contribution >= 4 is 11.8 Å². The highest BCUT2D eigenvalue weighted by Crippen LogP contribution is 2.31. The maximum Gasteiger partial charge on any atom is 0.401 e. The minimum Gasteiger partial charge on any atom is -0.333 e. The number of likely N-dealkylation sites (tertiary alicyclic amines) is 1. The van der Waals surface area contributed by atoms with Crippen molar-refractivity contribution in [3.63, 3.8) is 0 Å². The Morgan fingerprint density at radius 3 is 2.50 bits per heavy atom.